The quantitative estimate of drug-likeness (QED) is 0.865. The highest BCUT2D eigenvalue weighted by Gasteiger charge is 2.38. The number of carbonyl (C=O) groups excluding carboxylic acids is 1. The number of esters is 1. The van der Waals surface area contributed by atoms with Crippen LogP contribution in [-0.4, -0.2) is 23.3 Å². The van der Waals surface area contributed by atoms with Crippen LogP contribution in [0.4, 0.5) is 5.69 Å². The Morgan fingerprint density at radius 3 is 2.70 bits per heavy atom. The normalized spacial score (nSPS) is 20.7. The maximum atomic E-state index is 12.4. The zero-order chi connectivity index (χ0) is 17.2. The van der Waals surface area contributed by atoms with Crippen molar-refractivity contribution < 1.29 is 14.6 Å². The molecule has 23 heavy (non-hydrogen) atoms. The average molecular weight is 312 g/mol. The van der Waals surface area contributed by atoms with Gasteiger partial charge in [-0.3, -0.25) is 0 Å². The lowest BCUT2D eigenvalue weighted by atomic mass is 9.93. The Hall–Kier alpha value is -2.58. The summed E-state index contributed by atoms with van der Waals surface area (Å²) in [4.78, 5) is 14.1. The van der Waals surface area contributed by atoms with Crippen LogP contribution in [0.25, 0.3) is 0 Å². The molecule has 1 atom stereocenters. The van der Waals surface area contributed by atoms with Gasteiger partial charge in [0.05, 0.1) is 18.2 Å². The number of carbonyl (C=O) groups is 1. The van der Waals surface area contributed by atoms with Gasteiger partial charge in [0.25, 0.3) is 0 Å². The van der Waals surface area contributed by atoms with E-state index in [9.17, 15) is 9.90 Å². The summed E-state index contributed by atoms with van der Waals surface area (Å²) in [7, 11) is 0. The second-order valence-corrected chi connectivity index (χ2v) is 5.97. The van der Waals surface area contributed by atoms with Crippen molar-refractivity contribution in [1.29, 1.82) is 5.26 Å². The van der Waals surface area contributed by atoms with E-state index in [2.05, 4.69) is 12.6 Å². The molecular weight excluding hydrogens is 292 g/mol. The Labute approximate surface area is 136 Å². The highest BCUT2D eigenvalue weighted by Crippen LogP contribution is 2.34. The van der Waals surface area contributed by atoms with Crippen LogP contribution in [0.15, 0.2) is 42.2 Å². The predicted molar refractivity (Wildman–Crippen MR) is 87.5 cm³/mol. The van der Waals surface area contributed by atoms with E-state index in [-0.39, 0.29) is 6.61 Å². The van der Waals surface area contributed by atoms with Crippen LogP contribution in [0.5, 0.6) is 0 Å². The Morgan fingerprint density at radius 1 is 1.52 bits per heavy atom. The molecule has 1 N–H and O–H groups in total. The lowest BCUT2D eigenvalue weighted by molar-refractivity contribution is -0.159. The molecule has 0 saturated carbocycles. The van der Waals surface area contributed by atoms with Gasteiger partial charge in [0.2, 0.25) is 0 Å². The largest absolute Gasteiger partial charge is 0.452 e. The molecule has 0 radical (unpaired) electrons. The second-order valence-electron chi connectivity index (χ2n) is 5.97. The summed E-state index contributed by atoms with van der Waals surface area (Å²) in [5, 5.41) is 18.4. The molecule has 2 rings (SSSR count). The van der Waals surface area contributed by atoms with Crippen LogP contribution in [0.1, 0.15) is 31.4 Å². The number of aliphatic hydroxyl groups is 1. The number of nitrogens with zero attached hydrogens (tertiary/aromatic N) is 2. The zero-order valence-electron chi connectivity index (χ0n) is 13.6. The maximum absolute atomic E-state index is 12.4. The lowest BCUT2D eigenvalue weighted by Gasteiger charge is -2.36. The minimum absolute atomic E-state index is 0.229. The Bertz CT molecular complexity index is 730. The van der Waals surface area contributed by atoms with Crippen molar-refractivity contribution in [2.75, 3.05) is 11.5 Å². The van der Waals surface area contributed by atoms with Crippen LogP contribution in [0.2, 0.25) is 0 Å². The van der Waals surface area contributed by atoms with Crippen molar-refractivity contribution in [1.82, 2.24) is 0 Å². The first-order valence-electron chi connectivity index (χ1n) is 7.31. The molecular formula is C18H20N2O3. The van der Waals surface area contributed by atoms with Crippen molar-refractivity contribution >= 4 is 11.7 Å². The smallest absolute Gasteiger partial charge is 0.355 e. The molecule has 0 fully saturated rings. The predicted octanol–water partition coefficient (Wildman–Crippen LogP) is 2.79. The number of hydrogen-bond acceptors (Lipinski definition) is 5. The van der Waals surface area contributed by atoms with Crippen molar-refractivity contribution in [3.05, 3.63) is 53.4 Å². The Balaban J connectivity index is 2.47. The fourth-order valence-electron chi connectivity index (χ4n) is 2.77. The number of hydrogen-bond donors (Lipinski definition) is 1. The summed E-state index contributed by atoms with van der Waals surface area (Å²) in [5.74, 6) is -0.493. The summed E-state index contributed by atoms with van der Waals surface area (Å²) < 4.78 is 5.40. The topological polar surface area (TPSA) is 73.6 Å². The fourth-order valence-corrected chi connectivity index (χ4v) is 2.77. The molecule has 0 saturated heterocycles. The number of benzene rings is 1. The van der Waals surface area contributed by atoms with E-state index in [0.29, 0.717) is 17.7 Å². The monoisotopic (exact) mass is 312 g/mol. The third-order valence-electron chi connectivity index (χ3n) is 3.94. The van der Waals surface area contributed by atoms with Crippen LogP contribution in [-0.2, 0) is 9.53 Å². The first-order valence-corrected chi connectivity index (χ1v) is 7.31. The van der Waals surface area contributed by atoms with Gasteiger partial charge in [-0.1, -0.05) is 6.58 Å². The van der Waals surface area contributed by atoms with Gasteiger partial charge in [-0.15, -0.1) is 0 Å². The molecule has 1 heterocycles. The molecule has 120 valence electrons. The van der Waals surface area contributed by atoms with Crippen molar-refractivity contribution in [3.63, 3.8) is 0 Å². The molecule has 0 bridgehead atoms. The van der Waals surface area contributed by atoms with E-state index in [0.717, 1.165) is 16.8 Å². The number of aliphatic hydroxyl groups excluding tert-OH is 1. The number of anilines is 1. The van der Waals surface area contributed by atoms with E-state index in [4.69, 9.17) is 10.00 Å². The van der Waals surface area contributed by atoms with Gasteiger partial charge >= 0.3 is 5.97 Å². The van der Waals surface area contributed by atoms with Crippen LogP contribution in [0, 0.1) is 18.3 Å². The molecule has 0 aromatic heterocycles. The summed E-state index contributed by atoms with van der Waals surface area (Å²) in [5.41, 5.74) is 2.46. The summed E-state index contributed by atoms with van der Waals surface area (Å²) in [6, 6.07) is 7.42. The highest BCUT2D eigenvalue weighted by atomic mass is 16.6. The molecule has 5 heteroatoms. The van der Waals surface area contributed by atoms with E-state index in [1.807, 2.05) is 19.9 Å². The third-order valence-corrected chi connectivity index (χ3v) is 3.94. The fraction of sp³-hybridized carbons (Fsp3) is 0.333. The third kappa shape index (κ3) is 3.13. The van der Waals surface area contributed by atoms with Gasteiger partial charge < -0.3 is 14.7 Å². The molecule has 1 aliphatic heterocycles. The van der Waals surface area contributed by atoms with E-state index in [1.165, 1.54) is 0 Å². The van der Waals surface area contributed by atoms with Crippen molar-refractivity contribution in [2.24, 2.45) is 0 Å². The molecule has 1 unspecified atom stereocenters. The van der Waals surface area contributed by atoms with E-state index >= 15 is 0 Å². The van der Waals surface area contributed by atoms with E-state index in [1.54, 1.807) is 30.2 Å². The number of ether oxygens (including phenoxy) is 1. The molecule has 1 aromatic rings. The summed E-state index contributed by atoms with van der Waals surface area (Å²) in [6.07, 6.45) is 1.99. The highest BCUT2D eigenvalue weighted by molar-refractivity contribution is 5.95. The average Bonchev–Trinajstić information content (AvgIpc) is 2.50. The minimum Gasteiger partial charge on any atom is -0.452 e. The Kier molecular flexibility index (Phi) is 4.57. The standard InChI is InChI=1S/C18H20N2O3/c1-5-20(15-7-6-14(10-19)12(2)8-15)16-13(3)9-18(4,11-21)23-17(16)22/h5-8,21H,1,9,11H2,2-4H3. The number of aryl methyl sites for hydroxylation is 1. The van der Waals surface area contributed by atoms with Gasteiger partial charge in [-0.2, -0.15) is 5.26 Å². The molecule has 0 amide bonds. The van der Waals surface area contributed by atoms with Gasteiger partial charge in [0.1, 0.15) is 11.3 Å². The van der Waals surface area contributed by atoms with E-state index < -0.39 is 11.6 Å². The van der Waals surface area contributed by atoms with Crippen molar-refractivity contribution in [2.45, 2.75) is 32.8 Å². The van der Waals surface area contributed by atoms with Crippen LogP contribution < -0.4 is 4.90 Å². The molecule has 0 spiro atoms. The van der Waals surface area contributed by atoms with Crippen LogP contribution >= 0.6 is 0 Å². The molecule has 5 nitrogen and oxygen atoms in total. The minimum atomic E-state index is -0.891. The van der Waals surface area contributed by atoms with Gasteiger partial charge in [0, 0.05) is 18.3 Å². The zero-order valence-corrected chi connectivity index (χ0v) is 13.6. The summed E-state index contributed by atoms with van der Waals surface area (Å²) >= 11 is 0. The lowest BCUT2D eigenvalue weighted by Crippen LogP contribution is -2.43. The molecule has 1 aromatic carbocycles. The van der Waals surface area contributed by atoms with Gasteiger partial charge in [-0.05, 0) is 50.1 Å². The maximum Gasteiger partial charge on any atom is 0.355 e. The molecule has 0 aliphatic carbocycles. The SMILES string of the molecule is C=CN(C1=C(C)CC(C)(CO)OC1=O)c1ccc(C#N)c(C)c1. The number of cyclic esters (lactones) is 1. The number of nitriles is 1. The van der Waals surface area contributed by atoms with Gasteiger partial charge in [-0.25, -0.2) is 4.79 Å². The molecule has 1 aliphatic rings. The van der Waals surface area contributed by atoms with Crippen LogP contribution in [0.3, 0.4) is 0 Å². The first-order chi connectivity index (χ1) is 10.8. The first kappa shape index (κ1) is 16.8. The summed E-state index contributed by atoms with van der Waals surface area (Å²) in [6.45, 7) is 8.94. The Morgan fingerprint density at radius 2 is 2.22 bits per heavy atom. The number of rotatable bonds is 4. The van der Waals surface area contributed by atoms with Crippen molar-refractivity contribution in [3.8, 4) is 6.07 Å². The second kappa shape index (κ2) is 6.27. The van der Waals surface area contributed by atoms with Gasteiger partial charge in [0.15, 0.2) is 0 Å².